The topological polar surface area (TPSA) is 12.9 Å². The van der Waals surface area contributed by atoms with Gasteiger partial charge in [0, 0.05) is 12.4 Å². The lowest BCUT2D eigenvalue weighted by atomic mass is 10.0. The summed E-state index contributed by atoms with van der Waals surface area (Å²) >= 11 is 0. The standard InChI is InChI=1S/C9H10F3N/c1-6(2)7-3-8(5-13-4-7)9(10,11)12/h3-6H,1-2H3. The summed E-state index contributed by atoms with van der Waals surface area (Å²) < 4.78 is 36.6. The molecule has 4 heteroatoms. The Balaban J connectivity index is 3.06. The summed E-state index contributed by atoms with van der Waals surface area (Å²) in [6.07, 6.45) is -2.00. The smallest absolute Gasteiger partial charge is 0.264 e. The number of nitrogens with zero attached hydrogens (tertiary/aromatic N) is 1. The first-order chi connectivity index (χ1) is 5.91. The molecule has 1 rings (SSSR count). The van der Waals surface area contributed by atoms with Crippen molar-refractivity contribution in [2.75, 3.05) is 0 Å². The minimum absolute atomic E-state index is 0.0646. The number of pyridine rings is 1. The van der Waals surface area contributed by atoms with Crippen LogP contribution in [0, 0.1) is 0 Å². The molecule has 0 N–H and O–H groups in total. The molecule has 0 spiro atoms. The second-order valence-corrected chi connectivity index (χ2v) is 3.16. The third-order valence-electron chi connectivity index (χ3n) is 1.75. The first-order valence-electron chi connectivity index (χ1n) is 3.93. The van der Waals surface area contributed by atoms with Crippen LogP contribution in [0.5, 0.6) is 0 Å². The molecule has 0 fully saturated rings. The Hall–Kier alpha value is -1.06. The van der Waals surface area contributed by atoms with Crippen molar-refractivity contribution in [2.24, 2.45) is 0 Å². The largest absolute Gasteiger partial charge is 0.417 e. The van der Waals surface area contributed by atoms with E-state index >= 15 is 0 Å². The van der Waals surface area contributed by atoms with Gasteiger partial charge in [0.25, 0.3) is 0 Å². The molecule has 0 saturated heterocycles. The van der Waals surface area contributed by atoms with E-state index in [1.807, 2.05) is 13.8 Å². The van der Waals surface area contributed by atoms with Gasteiger partial charge in [-0.3, -0.25) is 4.98 Å². The van der Waals surface area contributed by atoms with E-state index in [2.05, 4.69) is 4.98 Å². The Morgan fingerprint density at radius 1 is 1.23 bits per heavy atom. The summed E-state index contributed by atoms with van der Waals surface area (Å²) in [5.74, 6) is 0.0646. The lowest BCUT2D eigenvalue weighted by molar-refractivity contribution is -0.137. The second kappa shape index (κ2) is 3.36. The maximum absolute atomic E-state index is 12.2. The first kappa shape index (κ1) is 10.0. The number of hydrogen-bond acceptors (Lipinski definition) is 1. The Morgan fingerprint density at radius 3 is 2.31 bits per heavy atom. The molecule has 13 heavy (non-hydrogen) atoms. The third-order valence-corrected chi connectivity index (χ3v) is 1.75. The Bertz CT molecular complexity index is 291. The van der Waals surface area contributed by atoms with Crippen molar-refractivity contribution in [3.05, 3.63) is 29.6 Å². The van der Waals surface area contributed by atoms with E-state index in [1.165, 1.54) is 6.20 Å². The maximum atomic E-state index is 12.2. The maximum Gasteiger partial charge on any atom is 0.417 e. The van der Waals surface area contributed by atoms with Gasteiger partial charge in [-0.15, -0.1) is 0 Å². The fraction of sp³-hybridized carbons (Fsp3) is 0.444. The van der Waals surface area contributed by atoms with Crippen molar-refractivity contribution < 1.29 is 13.2 Å². The van der Waals surface area contributed by atoms with Crippen LogP contribution >= 0.6 is 0 Å². The van der Waals surface area contributed by atoms with E-state index < -0.39 is 11.7 Å². The molecular weight excluding hydrogens is 179 g/mol. The van der Waals surface area contributed by atoms with Crippen molar-refractivity contribution in [1.82, 2.24) is 4.98 Å². The highest BCUT2D eigenvalue weighted by molar-refractivity contribution is 5.22. The number of hydrogen-bond donors (Lipinski definition) is 0. The van der Waals surface area contributed by atoms with E-state index in [4.69, 9.17) is 0 Å². The molecule has 0 aromatic carbocycles. The molecule has 1 nitrogen and oxygen atoms in total. The molecule has 1 aromatic heterocycles. The normalized spacial score (nSPS) is 12.2. The molecule has 1 heterocycles. The second-order valence-electron chi connectivity index (χ2n) is 3.16. The SMILES string of the molecule is CC(C)c1cncc(C(F)(F)F)c1. The molecule has 0 bridgehead atoms. The zero-order chi connectivity index (χ0) is 10.1. The van der Waals surface area contributed by atoms with Gasteiger partial charge in [0.2, 0.25) is 0 Å². The van der Waals surface area contributed by atoms with Crippen molar-refractivity contribution in [1.29, 1.82) is 0 Å². The van der Waals surface area contributed by atoms with Crippen LogP contribution in [0.4, 0.5) is 13.2 Å². The summed E-state index contributed by atoms with van der Waals surface area (Å²) in [5, 5.41) is 0. The monoisotopic (exact) mass is 189 g/mol. The summed E-state index contributed by atoms with van der Waals surface area (Å²) in [5.41, 5.74) is -0.0754. The molecule has 72 valence electrons. The average molecular weight is 189 g/mol. The van der Waals surface area contributed by atoms with Crippen LogP contribution in [0.1, 0.15) is 30.9 Å². The molecule has 0 atom stereocenters. The highest BCUT2D eigenvalue weighted by Gasteiger charge is 2.31. The Labute approximate surface area is 74.6 Å². The van der Waals surface area contributed by atoms with E-state index in [0.29, 0.717) is 5.56 Å². The van der Waals surface area contributed by atoms with Gasteiger partial charge < -0.3 is 0 Å². The average Bonchev–Trinajstić information content (AvgIpc) is 2.03. The van der Waals surface area contributed by atoms with Crippen LogP contribution in [-0.2, 0) is 6.18 Å². The van der Waals surface area contributed by atoms with E-state index in [0.717, 1.165) is 12.3 Å². The summed E-state index contributed by atoms with van der Waals surface area (Å²) in [7, 11) is 0. The van der Waals surface area contributed by atoms with Crippen LogP contribution < -0.4 is 0 Å². The molecule has 0 amide bonds. The number of halogens is 3. The van der Waals surface area contributed by atoms with Gasteiger partial charge in [-0.2, -0.15) is 13.2 Å². The minimum atomic E-state index is -4.29. The fourth-order valence-electron chi connectivity index (χ4n) is 0.928. The van der Waals surface area contributed by atoms with Crippen LogP contribution in [0.25, 0.3) is 0 Å². The lowest BCUT2D eigenvalue weighted by Gasteiger charge is -2.09. The van der Waals surface area contributed by atoms with Crippen LogP contribution in [0.2, 0.25) is 0 Å². The molecule has 1 aromatic rings. The van der Waals surface area contributed by atoms with Gasteiger partial charge in [0.05, 0.1) is 5.56 Å². The van der Waals surface area contributed by atoms with Crippen molar-refractivity contribution in [3.63, 3.8) is 0 Å². The number of aromatic nitrogens is 1. The summed E-state index contributed by atoms with van der Waals surface area (Å²) in [6.45, 7) is 3.66. The number of alkyl halides is 3. The van der Waals surface area contributed by atoms with E-state index in [9.17, 15) is 13.2 Å². The van der Waals surface area contributed by atoms with Crippen LogP contribution in [0.15, 0.2) is 18.5 Å². The summed E-state index contributed by atoms with van der Waals surface area (Å²) in [4.78, 5) is 3.55. The zero-order valence-electron chi connectivity index (χ0n) is 7.39. The van der Waals surface area contributed by atoms with Gasteiger partial charge in [0.1, 0.15) is 0 Å². The molecule has 0 radical (unpaired) electrons. The molecule has 0 aliphatic heterocycles. The Morgan fingerprint density at radius 2 is 1.85 bits per heavy atom. The van der Waals surface area contributed by atoms with Gasteiger partial charge in [0.15, 0.2) is 0 Å². The van der Waals surface area contributed by atoms with Gasteiger partial charge >= 0.3 is 6.18 Å². The van der Waals surface area contributed by atoms with Crippen LogP contribution in [-0.4, -0.2) is 4.98 Å². The zero-order valence-corrected chi connectivity index (χ0v) is 7.39. The Kier molecular flexibility index (Phi) is 2.59. The number of rotatable bonds is 1. The van der Waals surface area contributed by atoms with Crippen molar-refractivity contribution in [2.45, 2.75) is 25.9 Å². The first-order valence-corrected chi connectivity index (χ1v) is 3.93. The molecular formula is C9H10F3N. The highest BCUT2D eigenvalue weighted by atomic mass is 19.4. The third kappa shape index (κ3) is 2.44. The predicted molar refractivity (Wildman–Crippen MR) is 43.3 cm³/mol. The minimum Gasteiger partial charge on any atom is -0.264 e. The van der Waals surface area contributed by atoms with Crippen molar-refractivity contribution >= 4 is 0 Å². The van der Waals surface area contributed by atoms with E-state index in [1.54, 1.807) is 0 Å². The summed E-state index contributed by atoms with van der Waals surface area (Å²) in [6, 6.07) is 1.14. The highest BCUT2D eigenvalue weighted by Crippen LogP contribution is 2.30. The van der Waals surface area contributed by atoms with Gasteiger partial charge in [-0.05, 0) is 17.5 Å². The fourth-order valence-corrected chi connectivity index (χ4v) is 0.928. The predicted octanol–water partition coefficient (Wildman–Crippen LogP) is 3.22. The molecule has 0 saturated carbocycles. The van der Waals surface area contributed by atoms with Crippen LogP contribution in [0.3, 0.4) is 0 Å². The molecule has 0 aliphatic carbocycles. The van der Waals surface area contributed by atoms with Gasteiger partial charge in [-0.25, -0.2) is 0 Å². The van der Waals surface area contributed by atoms with Crippen molar-refractivity contribution in [3.8, 4) is 0 Å². The lowest BCUT2D eigenvalue weighted by Crippen LogP contribution is -2.06. The van der Waals surface area contributed by atoms with E-state index in [-0.39, 0.29) is 5.92 Å². The quantitative estimate of drug-likeness (QED) is 0.660. The molecule has 0 aliphatic rings. The van der Waals surface area contributed by atoms with Gasteiger partial charge in [-0.1, -0.05) is 13.8 Å². The molecule has 0 unspecified atom stereocenters.